The zero-order valence-electron chi connectivity index (χ0n) is 31.4. The number of nitrogens with zero attached hydrogens (tertiary/aromatic N) is 1. The summed E-state index contributed by atoms with van der Waals surface area (Å²) >= 11 is 0. The summed E-state index contributed by atoms with van der Waals surface area (Å²) in [6.45, 7) is 19.1. The topological polar surface area (TPSA) is 158 Å². The second-order valence-electron chi connectivity index (χ2n) is 15.8. The van der Waals surface area contributed by atoms with E-state index in [1.165, 1.54) is 11.0 Å². The molecule has 12 nitrogen and oxygen atoms in total. The van der Waals surface area contributed by atoms with Crippen LogP contribution in [0.25, 0.3) is 0 Å². The van der Waals surface area contributed by atoms with Gasteiger partial charge in [-0.1, -0.05) is 60.0 Å². The number of fused-ring (bicyclic) bond motifs is 1. The Bertz CT molecular complexity index is 1310. The molecule has 0 aromatic carbocycles. The number of alkyl halides is 3. The Kier molecular flexibility index (Phi) is 14.5. The van der Waals surface area contributed by atoms with Crippen LogP contribution in [-0.4, -0.2) is 91.3 Å². The summed E-state index contributed by atoms with van der Waals surface area (Å²) in [4.78, 5) is 68.8. The molecule has 52 heavy (non-hydrogen) atoms. The molecule has 1 saturated heterocycles. The van der Waals surface area contributed by atoms with Gasteiger partial charge in [-0.05, 0) is 54.8 Å². The minimum atomic E-state index is -4.55. The van der Waals surface area contributed by atoms with Crippen molar-refractivity contribution in [2.45, 2.75) is 117 Å². The van der Waals surface area contributed by atoms with E-state index in [-0.39, 0.29) is 48.8 Å². The Morgan fingerprint density at radius 1 is 1.00 bits per heavy atom. The molecule has 5 N–H and O–H groups in total. The SMILES string of the molecule is C=CCNC(=O)[C+](C=C)C(CCC(F)(F)F)NC(=O)C1[C@@H]2C(CN1C(=O)C(NC(=O)NC(COC(=O)NCC)C(C)(C)C)C1CCCCC1)C2(C)C. The van der Waals surface area contributed by atoms with Crippen molar-refractivity contribution in [3.05, 3.63) is 31.2 Å². The third-order valence-electron chi connectivity index (χ3n) is 10.8. The summed E-state index contributed by atoms with van der Waals surface area (Å²) in [5.41, 5.74) is -0.840. The fourth-order valence-electron chi connectivity index (χ4n) is 7.57. The van der Waals surface area contributed by atoms with Crippen LogP contribution in [0.5, 0.6) is 0 Å². The second kappa shape index (κ2) is 17.7. The van der Waals surface area contributed by atoms with Gasteiger partial charge in [-0.2, -0.15) is 13.2 Å². The highest BCUT2D eigenvalue weighted by Crippen LogP contribution is 2.65. The maximum atomic E-state index is 14.6. The monoisotopic (exact) mass is 739 g/mol. The number of ether oxygens (including phenoxy) is 1. The number of piperidine rings is 1. The molecule has 2 saturated carbocycles. The van der Waals surface area contributed by atoms with Crippen LogP contribution in [0.1, 0.15) is 86.5 Å². The van der Waals surface area contributed by atoms with Crippen molar-refractivity contribution in [3.63, 3.8) is 0 Å². The number of likely N-dealkylation sites (tertiary alicyclic amines) is 1. The van der Waals surface area contributed by atoms with Crippen LogP contribution in [0, 0.1) is 34.5 Å². The van der Waals surface area contributed by atoms with Crippen molar-refractivity contribution in [1.29, 1.82) is 0 Å². The van der Waals surface area contributed by atoms with Crippen molar-refractivity contribution in [2.24, 2.45) is 28.6 Å². The lowest BCUT2D eigenvalue weighted by atomic mass is 9.83. The summed E-state index contributed by atoms with van der Waals surface area (Å²) in [6.07, 6.45) is -0.422. The van der Waals surface area contributed by atoms with E-state index in [1.54, 1.807) is 6.92 Å². The first kappa shape index (κ1) is 42.5. The van der Waals surface area contributed by atoms with Gasteiger partial charge in [0.15, 0.2) is 5.92 Å². The third kappa shape index (κ3) is 11.0. The number of carbonyl (C=O) groups excluding carboxylic acids is 5. The largest absolute Gasteiger partial charge is 0.447 e. The molecule has 3 rings (SSSR count). The Hall–Kier alpha value is -3.91. The summed E-state index contributed by atoms with van der Waals surface area (Å²) < 4.78 is 45.5. The van der Waals surface area contributed by atoms with E-state index in [0.717, 1.165) is 25.3 Å². The number of rotatable bonds is 16. The van der Waals surface area contributed by atoms with Gasteiger partial charge in [0.1, 0.15) is 30.8 Å². The number of alkyl carbamates (subject to hydrolysis) is 1. The van der Waals surface area contributed by atoms with Crippen molar-refractivity contribution in [3.8, 4) is 0 Å². The van der Waals surface area contributed by atoms with Crippen LogP contribution in [-0.2, 0) is 19.1 Å². The molecule has 1 heterocycles. The standard InChI is InChI=1S/C37H57F3N6O6/c1-9-19-42-30(47)23(10-2)25(17-18-37(38,39)40)43-31(48)29-27-24(36(27,7)8)20-46(29)32(49)28(22-15-13-12-14-16-22)45-33(50)44-26(35(4,5)6)21-52-34(51)41-11-3/h9-10,22,24-29H,1-2,11-21H2,3-8H3,(H4-,41,42,43,44,45,47,48,50,51)/p+1/t24?,25?,26?,27-,28?,29?/m0/s1. The van der Waals surface area contributed by atoms with E-state index in [9.17, 15) is 37.1 Å². The number of amides is 6. The first-order valence-corrected chi connectivity index (χ1v) is 18.3. The van der Waals surface area contributed by atoms with Gasteiger partial charge >= 0.3 is 24.2 Å². The van der Waals surface area contributed by atoms with Crippen LogP contribution >= 0.6 is 0 Å². The molecular weight excluding hydrogens is 681 g/mol. The zero-order chi connectivity index (χ0) is 39.0. The molecule has 6 amide bonds. The van der Waals surface area contributed by atoms with Gasteiger partial charge in [-0.15, -0.1) is 6.58 Å². The molecule has 292 valence electrons. The van der Waals surface area contributed by atoms with Gasteiger partial charge in [-0.3, -0.25) is 9.59 Å². The summed E-state index contributed by atoms with van der Waals surface area (Å²) in [5.74, 6) is -2.48. The van der Waals surface area contributed by atoms with Crippen LogP contribution in [0.2, 0.25) is 0 Å². The maximum Gasteiger partial charge on any atom is 0.407 e. The molecular formula is C37H58F3N6O6+. The molecule has 2 aliphatic carbocycles. The highest BCUT2D eigenvalue weighted by atomic mass is 19.4. The highest BCUT2D eigenvalue weighted by Gasteiger charge is 2.70. The quantitative estimate of drug-likeness (QED) is 0.113. The number of nitrogens with one attached hydrogen (secondary N) is 5. The summed E-state index contributed by atoms with van der Waals surface area (Å²) in [7, 11) is 0. The predicted octanol–water partition coefficient (Wildman–Crippen LogP) is 4.77. The van der Waals surface area contributed by atoms with Crippen LogP contribution in [0.4, 0.5) is 22.8 Å². The number of hydrogen-bond donors (Lipinski definition) is 5. The van der Waals surface area contributed by atoms with Gasteiger partial charge in [-0.25, -0.2) is 14.4 Å². The molecule has 0 radical (unpaired) electrons. The zero-order valence-corrected chi connectivity index (χ0v) is 31.4. The van der Waals surface area contributed by atoms with Gasteiger partial charge in [0.2, 0.25) is 11.8 Å². The normalized spacial score (nSPS) is 22.8. The Labute approximate surface area is 305 Å². The van der Waals surface area contributed by atoms with Gasteiger partial charge < -0.3 is 36.2 Å². The molecule has 0 aromatic heterocycles. The van der Waals surface area contributed by atoms with Crippen LogP contribution in [0.3, 0.4) is 0 Å². The third-order valence-corrected chi connectivity index (χ3v) is 10.8. The van der Waals surface area contributed by atoms with Crippen molar-refractivity contribution < 1.29 is 41.9 Å². The number of hydrogen-bond acceptors (Lipinski definition) is 6. The van der Waals surface area contributed by atoms with Gasteiger partial charge in [0.05, 0.1) is 6.04 Å². The molecule has 5 unspecified atom stereocenters. The number of carbonyl (C=O) groups is 5. The fourth-order valence-corrected chi connectivity index (χ4v) is 7.57. The van der Waals surface area contributed by atoms with E-state index < -0.39 is 78.4 Å². The van der Waals surface area contributed by atoms with Crippen LogP contribution < -0.4 is 26.6 Å². The fraction of sp³-hybridized carbons (Fsp3) is 0.730. The molecule has 0 aromatic rings. The molecule has 6 atom stereocenters. The highest BCUT2D eigenvalue weighted by molar-refractivity contribution is 5.96. The van der Waals surface area contributed by atoms with Crippen molar-refractivity contribution >= 4 is 29.8 Å². The lowest BCUT2D eigenvalue weighted by Crippen LogP contribution is -2.61. The van der Waals surface area contributed by atoms with E-state index in [1.807, 2.05) is 34.6 Å². The maximum absolute atomic E-state index is 14.6. The average molecular weight is 740 g/mol. The minimum absolute atomic E-state index is 0.0444. The number of urea groups is 1. The summed E-state index contributed by atoms with van der Waals surface area (Å²) in [6, 6.07) is -4.59. The Balaban J connectivity index is 1.89. The first-order chi connectivity index (χ1) is 24.3. The Morgan fingerprint density at radius 2 is 1.65 bits per heavy atom. The van der Waals surface area contributed by atoms with Gasteiger partial charge in [0, 0.05) is 32.6 Å². The predicted molar refractivity (Wildman–Crippen MR) is 190 cm³/mol. The van der Waals surface area contributed by atoms with Crippen molar-refractivity contribution in [1.82, 2.24) is 31.5 Å². The molecule has 3 aliphatic rings. The van der Waals surface area contributed by atoms with E-state index in [2.05, 4.69) is 39.7 Å². The van der Waals surface area contributed by atoms with Crippen molar-refractivity contribution in [2.75, 3.05) is 26.2 Å². The average Bonchev–Trinajstić information content (AvgIpc) is 3.37. The molecule has 15 heteroatoms. The minimum Gasteiger partial charge on any atom is -0.447 e. The van der Waals surface area contributed by atoms with E-state index >= 15 is 0 Å². The lowest BCUT2D eigenvalue weighted by molar-refractivity contribution is -0.144. The first-order valence-electron chi connectivity index (χ1n) is 18.3. The van der Waals surface area contributed by atoms with Gasteiger partial charge in [0.25, 0.3) is 0 Å². The molecule has 0 bridgehead atoms. The number of halogens is 3. The molecule has 3 fully saturated rings. The van der Waals surface area contributed by atoms with E-state index in [4.69, 9.17) is 4.74 Å². The molecule has 1 aliphatic heterocycles. The lowest BCUT2D eigenvalue weighted by Gasteiger charge is -2.38. The Morgan fingerprint density at radius 3 is 2.21 bits per heavy atom. The molecule has 0 spiro atoms. The van der Waals surface area contributed by atoms with Crippen LogP contribution in [0.15, 0.2) is 25.3 Å². The second-order valence-corrected chi connectivity index (χ2v) is 15.8. The van der Waals surface area contributed by atoms with E-state index in [0.29, 0.717) is 19.4 Å². The smallest absolute Gasteiger partial charge is 0.407 e. The summed E-state index contributed by atoms with van der Waals surface area (Å²) in [5, 5.41) is 13.5.